The van der Waals surface area contributed by atoms with Crippen molar-refractivity contribution in [2.75, 3.05) is 6.61 Å². The van der Waals surface area contributed by atoms with Crippen molar-refractivity contribution in [2.45, 2.75) is 33.7 Å². The van der Waals surface area contributed by atoms with Gasteiger partial charge in [0.15, 0.2) is 0 Å². The van der Waals surface area contributed by atoms with Gasteiger partial charge in [0, 0.05) is 5.92 Å². The fourth-order valence-corrected chi connectivity index (χ4v) is 3.03. The fourth-order valence-electron chi connectivity index (χ4n) is 3.03. The Hall–Kier alpha value is -1.35. The Labute approximate surface area is 115 Å². The summed E-state index contributed by atoms with van der Waals surface area (Å²) < 4.78 is 0. The monoisotopic (exact) mass is 261 g/mol. The van der Waals surface area contributed by atoms with Crippen LogP contribution in [0.15, 0.2) is 30.3 Å². The van der Waals surface area contributed by atoms with Crippen LogP contribution < -0.4 is 5.32 Å². The third kappa shape index (κ3) is 2.27. The van der Waals surface area contributed by atoms with Crippen LogP contribution in [0.1, 0.15) is 39.3 Å². The molecule has 0 bridgehead atoms. The van der Waals surface area contributed by atoms with Gasteiger partial charge in [0.1, 0.15) is 0 Å². The van der Waals surface area contributed by atoms with Crippen molar-refractivity contribution >= 4 is 5.91 Å². The summed E-state index contributed by atoms with van der Waals surface area (Å²) in [5, 5.41) is 12.4. The van der Waals surface area contributed by atoms with Gasteiger partial charge in [0.2, 0.25) is 5.91 Å². The summed E-state index contributed by atoms with van der Waals surface area (Å²) in [4.78, 5) is 12.4. The quantitative estimate of drug-likeness (QED) is 0.875. The molecular formula is C16H23NO2. The molecule has 3 heteroatoms. The van der Waals surface area contributed by atoms with Crippen LogP contribution in [0, 0.1) is 16.7 Å². The van der Waals surface area contributed by atoms with Crippen molar-refractivity contribution in [3.8, 4) is 0 Å². The second-order valence-electron chi connectivity index (χ2n) is 6.53. The van der Waals surface area contributed by atoms with E-state index in [2.05, 4.69) is 33.0 Å². The first-order valence-corrected chi connectivity index (χ1v) is 6.78. The van der Waals surface area contributed by atoms with Crippen LogP contribution in [0.3, 0.4) is 0 Å². The Morgan fingerprint density at radius 2 is 1.74 bits per heavy atom. The summed E-state index contributed by atoms with van der Waals surface area (Å²) in [7, 11) is 0. The van der Waals surface area contributed by atoms with Gasteiger partial charge >= 0.3 is 0 Å². The average Bonchev–Trinajstić information content (AvgIpc) is 2.77. The molecule has 19 heavy (non-hydrogen) atoms. The second-order valence-corrected chi connectivity index (χ2v) is 6.53. The lowest BCUT2D eigenvalue weighted by Gasteiger charge is -2.17. The van der Waals surface area contributed by atoms with Crippen molar-refractivity contribution in [3.63, 3.8) is 0 Å². The topological polar surface area (TPSA) is 49.3 Å². The maximum atomic E-state index is 12.4. The van der Waals surface area contributed by atoms with E-state index in [0.717, 1.165) is 5.56 Å². The second kappa shape index (κ2) is 4.64. The number of benzene rings is 1. The Morgan fingerprint density at radius 1 is 1.21 bits per heavy atom. The Bertz CT molecular complexity index is 451. The van der Waals surface area contributed by atoms with Gasteiger partial charge in [-0.2, -0.15) is 0 Å². The normalized spacial score (nSPS) is 21.7. The summed E-state index contributed by atoms with van der Waals surface area (Å²) in [5.41, 5.74) is 0.983. The van der Waals surface area contributed by atoms with E-state index in [1.165, 1.54) is 0 Å². The lowest BCUT2D eigenvalue weighted by molar-refractivity contribution is -0.124. The molecule has 1 aromatic rings. The average molecular weight is 261 g/mol. The Balaban J connectivity index is 2.07. The molecule has 1 saturated carbocycles. The molecule has 1 amide bonds. The molecule has 0 radical (unpaired) electrons. The van der Waals surface area contributed by atoms with E-state index in [9.17, 15) is 9.90 Å². The first-order chi connectivity index (χ1) is 8.82. The summed E-state index contributed by atoms with van der Waals surface area (Å²) in [5.74, 6) is 0.0515. The van der Waals surface area contributed by atoms with Gasteiger partial charge in [-0.1, -0.05) is 58.0 Å². The fraction of sp³-hybridized carbons (Fsp3) is 0.562. The van der Waals surface area contributed by atoms with E-state index in [0.29, 0.717) is 0 Å². The van der Waals surface area contributed by atoms with Gasteiger partial charge < -0.3 is 10.4 Å². The molecule has 1 atom stereocenters. The van der Waals surface area contributed by atoms with Gasteiger partial charge in [0.25, 0.3) is 0 Å². The van der Waals surface area contributed by atoms with Crippen LogP contribution in [0.4, 0.5) is 0 Å². The van der Waals surface area contributed by atoms with E-state index >= 15 is 0 Å². The summed E-state index contributed by atoms with van der Waals surface area (Å²) >= 11 is 0. The summed E-state index contributed by atoms with van der Waals surface area (Å²) in [6.45, 7) is 8.40. The molecular weight excluding hydrogens is 238 g/mol. The van der Waals surface area contributed by atoms with Crippen LogP contribution in [0.5, 0.6) is 0 Å². The molecule has 1 aromatic carbocycles. The number of rotatable bonds is 4. The first kappa shape index (κ1) is 14.1. The molecule has 0 heterocycles. The van der Waals surface area contributed by atoms with Crippen LogP contribution in [0.25, 0.3) is 0 Å². The number of aliphatic hydroxyl groups excluding tert-OH is 1. The van der Waals surface area contributed by atoms with Crippen molar-refractivity contribution in [1.29, 1.82) is 0 Å². The van der Waals surface area contributed by atoms with Gasteiger partial charge in [-0.3, -0.25) is 4.79 Å². The van der Waals surface area contributed by atoms with E-state index in [1.54, 1.807) is 0 Å². The number of carbonyl (C=O) groups excluding carboxylic acids is 1. The van der Waals surface area contributed by atoms with E-state index in [4.69, 9.17) is 0 Å². The van der Waals surface area contributed by atoms with Gasteiger partial charge in [0.05, 0.1) is 12.6 Å². The van der Waals surface area contributed by atoms with Crippen molar-refractivity contribution in [3.05, 3.63) is 35.9 Å². The van der Waals surface area contributed by atoms with Crippen LogP contribution in [0.2, 0.25) is 0 Å². The van der Waals surface area contributed by atoms with Gasteiger partial charge in [-0.25, -0.2) is 0 Å². The summed E-state index contributed by atoms with van der Waals surface area (Å²) in [6, 6.07) is 9.27. The highest BCUT2D eigenvalue weighted by Gasteiger charge is 2.68. The smallest absolute Gasteiger partial charge is 0.224 e. The minimum absolute atomic E-state index is 0.0118. The lowest BCUT2D eigenvalue weighted by atomic mass is 10.0. The van der Waals surface area contributed by atoms with E-state index in [1.807, 2.05) is 30.3 Å². The van der Waals surface area contributed by atoms with Gasteiger partial charge in [-0.15, -0.1) is 0 Å². The third-order valence-corrected chi connectivity index (χ3v) is 4.98. The molecule has 3 nitrogen and oxygen atoms in total. The first-order valence-electron chi connectivity index (χ1n) is 6.78. The molecule has 0 unspecified atom stereocenters. The molecule has 0 saturated heterocycles. The highest BCUT2D eigenvalue weighted by Crippen LogP contribution is 2.68. The predicted octanol–water partition coefficient (Wildman–Crippen LogP) is 2.52. The molecule has 1 fully saturated rings. The zero-order valence-electron chi connectivity index (χ0n) is 12.1. The Kier molecular flexibility index (Phi) is 3.43. The number of nitrogens with one attached hydrogen (secondary N) is 1. The zero-order valence-corrected chi connectivity index (χ0v) is 12.1. The predicted molar refractivity (Wildman–Crippen MR) is 75.5 cm³/mol. The molecule has 104 valence electrons. The highest BCUT2D eigenvalue weighted by atomic mass is 16.3. The minimum Gasteiger partial charge on any atom is -0.394 e. The molecule has 2 N–H and O–H groups in total. The molecule has 0 aliphatic heterocycles. The lowest BCUT2D eigenvalue weighted by Crippen LogP contribution is -2.33. The van der Waals surface area contributed by atoms with Crippen molar-refractivity contribution in [2.24, 2.45) is 16.7 Å². The van der Waals surface area contributed by atoms with Crippen molar-refractivity contribution in [1.82, 2.24) is 5.32 Å². The number of carbonyl (C=O) groups is 1. The minimum atomic E-state index is -0.319. The van der Waals surface area contributed by atoms with Gasteiger partial charge in [-0.05, 0) is 16.4 Å². The number of aliphatic hydroxyl groups is 1. The summed E-state index contributed by atoms with van der Waals surface area (Å²) in [6.07, 6.45) is 0. The SMILES string of the molecule is CC1(C)C(C(=O)N[C@@H](CO)c2ccccc2)C1(C)C. The Morgan fingerprint density at radius 3 is 2.16 bits per heavy atom. The zero-order chi connectivity index (χ0) is 14.3. The van der Waals surface area contributed by atoms with E-state index < -0.39 is 0 Å². The molecule has 1 aliphatic carbocycles. The third-order valence-electron chi connectivity index (χ3n) is 4.98. The largest absolute Gasteiger partial charge is 0.394 e. The molecule has 2 rings (SSSR count). The standard InChI is InChI=1S/C16H23NO2/c1-15(2)13(16(15,3)4)14(19)17-12(10-18)11-8-6-5-7-9-11/h5-9,12-13,18H,10H2,1-4H3,(H,17,19)/t12-/m0/s1. The van der Waals surface area contributed by atoms with Crippen LogP contribution >= 0.6 is 0 Å². The molecule has 1 aliphatic rings. The molecule has 0 aromatic heterocycles. The number of hydrogen-bond donors (Lipinski definition) is 2. The van der Waals surface area contributed by atoms with Crippen molar-refractivity contribution < 1.29 is 9.90 Å². The maximum absolute atomic E-state index is 12.4. The van der Waals surface area contributed by atoms with E-state index in [-0.39, 0.29) is 35.3 Å². The maximum Gasteiger partial charge on any atom is 0.224 e. The molecule has 0 spiro atoms. The number of amides is 1. The highest BCUT2D eigenvalue weighted by molar-refractivity contribution is 5.84. The van der Waals surface area contributed by atoms with Crippen LogP contribution in [-0.2, 0) is 4.79 Å². The van der Waals surface area contributed by atoms with Crippen LogP contribution in [-0.4, -0.2) is 17.6 Å². The number of hydrogen-bond acceptors (Lipinski definition) is 2.